The summed E-state index contributed by atoms with van der Waals surface area (Å²) >= 11 is 5.84. The van der Waals surface area contributed by atoms with Gasteiger partial charge in [0.15, 0.2) is 0 Å². The average molecular weight is 310 g/mol. The molecule has 0 amide bonds. The number of carbonyl (C=O) groups excluding carboxylic acids is 1. The fourth-order valence-corrected chi connectivity index (χ4v) is 1.92. The highest BCUT2D eigenvalue weighted by Gasteiger charge is 2.10. The lowest BCUT2D eigenvalue weighted by Crippen LogP contribution is -2.04. The van der Waals surface area contributed by atoms with Crippen molar-refractivity contribution < 1.29 is 18.7 Å². The summed E-state index contributed by atoms with van der Waals surface area (Å²) in [5.74, 6) is -0.615. The van der Waals surface area contributed by atoms with Gasteiger partial charge < -0.3 is 15.2 Å². The number of ether oxygens (including phenoxy) is 2. The van der Waals surface area contributed by atoms with Crippen LogP contribution in [0.3, 0.4) is 0 Å². The summed E-state index contributed by atoms with van der Waals surface area (Å²) in [6.07, 6.45) is 0. The van der Waals surface area contributed by atoms with Crippen molar-refractivity contribution in [1.82, 2.24) is 0 Å². The maximum Gasteiger partial charge on any atom is 0.337 e. The first kappa shape index (κ1) is 15.1. The molecule has 0 aliphatic carbocycles. The number of benzene rings is 2. The van der Waals surface area contributed by atoms with E-state index in [1.807, 2.05) is 0 Å². The highest BCUT2D eigenvalue weighted by molar-refractivity contribution is 6.31. The molecule has 6 heteroatoms. The molecule has 0 spiro atoms. The van der Waals surface area contributed by atoms with Gasteiger partial charge in [0.2, 0.25) is 0 Å². The number of anilines is 1. The number of carbonyl (C=O) groups is 1. The first-order chi connectivity index (χ1) is 10.0. The van der Waals surface area contributed by atoms with E-state index in [4.69, 9.17) is 22.1 Å². The Hall–Kier alpha value is -2.27. The van der Waals surface area contributed by atoms with Gasteiger partial charge in [-0.05, 0) is 24.3 Å². The van der Waals surface area contributed by atoms with Crippen LogP contribution in [0.15, 0.2) is 36.4 Å². The van der Waals surface area contributed by atoms with Gasteiger partial charge in [-0.25, -0.2) is 9.18 Å². The van der Waals surface area contributed by atoms with Gasteiger partial charge in [0.1, 0.15) is 18.2 Å². The molecule has 0 unspecified atom stereocenters. The van der Waals surface area contributed by atoms with E-state index in [2.05, 4.69) is 4.74 Å². The summed E-state index contributed by atoms with van der Waals surface area (Å²) in [6.45, 7) is 0.0678. The van der Waals surface area contributed by atoms with Gasteiger partial charge in [0, 0.05) is 5.56 Å². The molecule has 0 radical (unpaired) electrons. The van der Waals surface area contributed by atoms with Crippen molar-refractivity contribution in [2.75, 3.05) is 12.8 Å². The molecule has 2 aromatic carbocycles. The highest BCUT2D eigenvalue weighted by Crippen LogP contribution is 2.26. The molecule has 0 saturated heterocycles. The monoisotopic (exact) mass is 309 g/mol. The lowest BCUT2D eigenvalue weighted by atomic mass is 10.2. The first-order valence-electron chi connectivity index (χ1n) is 6.06. The maximum atomic E-state index is 13.3. The zero-order valence-corrected chi connectivity index (χ0v) is 12.0. The van der Waals surface area contributed by atoms with Crippen molar-refractivity contribution in [2.45, 2.75) is 6.61 Å². The Kier molecular flexibility index (Phi) is 4.65. The van der Waals surface area contributed by atoms with Crippen molar-refractivity contribution in [3.05, 3.63) is 58.4 Å². The van der Waals surface area contributed by atoms with Crippen LogP contribution in [0.25, 0.3) is 0 Å². The zero-order valence-electron chi connectivity index (χ0n) is 11.2. The summed E-state index contributed by atoms with van der Waals surface area (Å²) in [7, 11) is 1.29. The third kappa shape index (κ3) is 3.44. The second-order valence-electron chi connectivity index (χ2n) is 4.25. The predicted molar refractivity (Wildman–Crippen MR) is 77.9 cm³/mol. The minimum absolute atomic E-state index is 0.0160. The molecule has 0 aliphatic rings. The van der Waals surface area contributed by atoms with Crippen LogP contribution in [0, 0.1) is 5.82 Å². The average Bonchev–Trinajstić information content (AvgIpc) is 2.49. The number of hydrogen-bond donors (Lipinski definition) is 1. The second-order valence-corrected chi connectivity index (χ2v) is 4.62. The smallest absolute Gasteiger partial charge is 0.337 e. The Labute approximate surface area is 126 Å². The van der Waals surface area contributed by atoms with Gasteiger partial charge in [0.25, 0.3) is 0 Å². The van der Waals surface area contributed by atoms with E-state index < -0.39 is 11.8 Å². The van der Waals surface area contributed by atoms with Crippen molar-refractivity contribution in [2.24, 2.45) is 0 Å². The topological polar surface area (TPSA) is 61.5 Å². The Balaban J connectivity index is 2.13. The predicted octanol–water partition coefficient (Wildman–Crippen LogP) is 3.43. The summed E-state index contributed by atoms with van der Waals surface area (Å²) < 4.78 is 23.4. The fourth-order valence-electron chi connectivity index (χ4n) is 1.74. The van der Waals surface area contributed by atoms with Crippen LogP contribution in [0.4, 0.5) is 10.1 Å². The molecule has 0 aliphatic heterocycles. The standard InChI is InChI=1S/C15H13ClFNO3/c1-20-15(19)9-5-6-13(12(18)7-9)21-8-10-3-2-4-11(17)14(10)16/h2-7H,8,18H2,1H3. The van der Waals surface area contributed by atoms with E-state index in [1.165, 1.54) is 25.3 Å². The third-order valence-corrected chi connectivity index (χ3v) is 3.27. The number of rotatable bonds is 4. The number of hydrogen-bond acceptors (Lipinski definition) is 4. The van der Waals surface area contributed by atoms with Crippen molar-refractivity contribution in [3.8, 4) is 5.75 Å². The summed E-state index contributed by atoms with van der Waals surface area (Å²) in [5, 5.41) is 0.0160. The van der Waals surface area contributed by atoms with E-state index in [1.54, 1.807) is 18.2 Å². The lowest BCUT2D eigenvalue weighted by molar-refractivity contribution is 0.0600. The molecule has 110 valence electrons. The molecule has 0 atom stereocenters. The molecular weight excluding hydrogens is 297 g/mol. The fraction of sp³-hybridized carbons (Fsp3) is 0.133. The van der Waals surface area contributed by atoms with E-state index in [0.29, 0.717) is 16.9 Å². The van der Waals surface area contributed by atoms with Crippen LogP contribution in [-0.4, -0.2) is 13.1 Å². The normalized spacial score (nSPS) is 10.2. The Morgan fingerprint density at radius 2 is 2.10 bits per heavy atom. The van der Waals surface area contributed by atoms with E-state index in [-0.39, 0.29) is 17.3 Å². The molecule has 4 nitrogen and oxygen atoms in total. The van der Waals surface area contributed by atoms with E-state index in [9.17, 15) is 9.18 Å². The lowest BCUT2D eigenvalue weighted by Gasteiger charge is -2.11. The van der Waals surface area contributed by atoms with Gasteiger partial charge in [-0.1, -0.05) is 23.7 Å². The summed E-state index contributed by atoms with van der Waals surface area (Å²) in [6, 6.07) is 9.01. The van der Waals surface area contributed by atoms with Gasteiger partial charge in [-0.2, -0.15) is 0 Å². The van der Waals surface area contributed by atoms with Crippen molar-refractivity contribution >= 4 is 23.3 Å². The Bertz CT molecular complexity index is 676. The molecule has 0 bridgehead atoms. The van der Waals surface area contributed by atoms with Gasteiger partial charge in [-0.3, -0.25) is 0 Å². The SMILES string of the molecule is COC(=O)c1ccc(OCc2cccc(F)c2Cl)c(N)c1. The molecule has 0 aromatic heterocycles. The largest absolute Gasteiger partial charge is 0.487 e. The highest BCUT2D eigenvalue weighted by atomic mass is 35.5. The molecule has 0 saturated carbocycles. The number of halogens is 2. The molecule has 0 heterocycles. The maximum absolute atomic E-state index is 13.3. The van der Waals surface area contributed by atoms with Crippen molar-refractivity contribution in [3.63, 3.8) is 0 Å². The molecular formula is C15H13ClFNO3. The Morgan fingerprint density at radius 1 is 1.33 bits per heavy atom. The van der Waals surface area contributed by atoms with Crippen LogP contribution >= 0.6 is 11.6 Å². The van der Waals surface area contributed by atoms with Crippen LogP contribution < -0.4 is 10.5 Å². The first-order valence-corrected chi connectivity index (χ1v) is 6.44. The number of esters is 1. The van der Waals surface area contributed by atoms with E-state index >= 15 is 0 Å². The molecule has 2 aromatic rings. The zero-order chi connectivity index (χ0) is 15.4. The molecule has 2 rings (SSSR count). The minimum atomic E-state index is -0.508. The Morgan fingerprint density at radius 3 is 2.76 bits per heavy atom. The summed E-state index contributed by atoms with van der Waals surface area (Å²) in [5.41, 5.74) is 6.92. The van der Waals surface area contributed by atoms with Crippen molar-refractivity contribution in [1.29, 1.82) is 0 Å². The molecule has 21 heavy (non-hydrogen) atoms. The third-order valence-electron chi connectivity index (χ3n) is 2.85. The summed E-state index contributed by atoms with van der Waals surface area (Å²) in [4.78, 5) is 11.4. The van der Waals surface area contributed by atoms with Crippen LogP contribution in [0.1, 0.15) is 15.9 Å². The number of nitrogens with two attached hydrogens (primary N) is 1. The van der Waals surface area contributed by atoms with Crippen LogP contribution in [0.5, 0.6) is 5.75 Å². The quantitative estimate of drug-likeness (QED) is 0.694. The van der Waals surface area contributed by atoms with Gasteiger partial charge >= 0.3 is 5.97 Å². The number of nitrogen functional groups attached to an aromatic ring is 1. The minimum Gasteiger partial charge on any atom is -0.487 e. The van der Waals surface area contributed by atoms with Gasteiger partial charge in [-0.15, -0.1) is 0 Å². The van der Waals surface area contributed by atoms with Gasteiger partial charge in [0.05, 0.1) is 23.4 Å². The van der Waals surface area contributed by atoms with Crippen LogP contribution in [0.2, 0.25) is 5.02 Å². The van der Waals surface area contributed by atoms with E-state index in [0.717, 1.165) is 0 Å². The number of methoxy groups -OCH3 is 1. The molecule has 2 N–H and O–H groups in total. The van der Waals surface area contributed by atoms with Crippen LogP contribution in [-0.2, 0) is 11.3 Å². The second kappa shape index (κ2) is 6.45. The molecule has 0 fully saturated rings.